The SMILES string of the molecule is COCCCC1NC=CC(c2ccccc2)C(c2ccccc2)=C1C. The van der Waals surface area contributed by atoms with Gasteiger partial charge in [-0.15, -0.1) is 0 Å². The van der Waals surface area contributed by atoms with Crippen molar-refractivity contribution in [2.75, 3.05) is 13.7 Å². The van der Waals surface area contributed by atoms with Crippen LogP contribution < -0.4 is 5.32 Å². The summed E-state index contributed by atoms with van der Waals surface area (Å²) in [5.41, 5.74) is 5.46. The van der Waals surface area contributed by atoms with Crippen LogP contribution in [0.15, 0.2) is 78.5 Å². The third-order valence-electron chi connectivity index (χ3n) is 4.93. The molecule has 0 saturated carbocycles. The van der Waals surface area contributed by atoms with E-state index in [0.29, 0.717) is 6.04 Å². The van der Waals surface area contributed by atoms with Crippen molar-refractivity contribution in [3.05, 3.63) is 89.6 Å². The molecule has 0 spiro atoms. The van der Waals surface area contributed by atoms with Crippen LogP contribution in [0, 0.1) is 0 Å². The van der Waals surface area contributed by atoms with Gasteiger partial charge < -0.3 is 10.1 Å². The molecule has 2 atom stereocenters. The number of hydrogen-bond donors (Lipinski definition) is 1. The van der Waals surface area contributed by atoms with E-state index in [1.165, 1.54) is 22.3 Å². The van der Waals surface area contributed by atoms with E-state index >= 15 is 0 Å². The lowest BCUT2D eigenvalue weighted by molar-refractivity contribution is 0.190. The molecule has 130 valence electrons. The van der Waals surface area contributed by atoms with Crippen LogP contribution in [-0.4, -0.2) is 19.8 Å². The molecule has 0 aliphatic carbocycles. The van der Waals surface area contributed by atoms with Crippen LogP contribution in [0.4, 0.5) is 0 Å². The Morgan fingerprint density at radius 3 is 2.32 bits per heavy atom. The second-order valence-electron chi connectivity index (χ2n) is 6.56. The summed E-state index contributed by atoms with van der Waals surface area (Å²) in [4.78, 5) is 0. The lowest BCUT2D eigenvalue weighted by atomic mass is 9.82. The van der Waals surface area contributed by atoms with Gasteiger partial charge in [0.2, 0.25) is 0 Å². The minimum atomic E-state index is 0.267. The first-order valence-electron chi connectivity index (χ1n) is 9.04. The first kappa shape index (κ1) is 17.5. The summed E-state index contributed by atoms with van der Waals surface area (Å²) in [5.74, 6) is 0.267. The lowest BCUT2D eigenvalue weighted by Crippen LogP contribution is -2.25. The number of nitrogens with one attached hydrogen (secondary N) is 1. The van der Waals surface area contributed by atoms with E-state index in [-0.39, 0.29) is 5.92 Å². The predicted molar refractivity (Wildman–Crippen MR) is 105 cm³/mol. The second-order valence-corrected chi connectivity index (χ2v) is 6.56. The third kappa shape index (κ3) is 4.21. The molecule has 2 nitrogen and oxygen atoms in total. The highest BCUT2D eigenvalue weighted by atomic mass is 16.5. The molecular weight excluding hydrogens is 306 g/mol. The molecule has 2 heteroatoms. The van der Waals surface area contributed by atoms with Crippen LogP contribution in [0.3, 0.4) is 0 Å². The lowest BCUT2D eigenvalue weighted by Gasteiger charge is -2.23. The van der Waals surface area contributed by atoms with Crippen LogP contribution in [0.5, 0.6) is 0 Å². The van der Waals surface area contributed by atoms with Crippen molar-refractivity contribution in [2.24, 2.45) is 0 Å². The average molecular weight is 333 g/mol. The van der Waals surface area contributed by atoms with Gasteiger partial charge in [-0.1, -0.05) is 66.7 Å². The summed E-state index contributed by atoms with van der Waals surface area (Å²) in [6, 6.07) is 21.9. The number of hydrogen-bond acceptors (Lipinski definition) is 2. The Hall–Kier alpha value is -2.32. The minimum Gasteiger partial charge on any atom is -0.385 e. The Balaban J connectivity index is 2.03. The predicted octanol–water partition coefficient (Wildman–Crippen LogP) is 5.16. The van der Waals surface area contributed by atoms with Crippen molar-refractivity contribution in [1.82, 2.24) is 5.32 Å². The summed E-state index contributed by atoms with van der Waals surface area (Å²) >= 11 is 0. The molecule has 0 radical (unpaired) electrons. The van der Waals surface area contributed by atoms with E-state index in [1.807, 2.05) is 0 Å². The topological polar surface area (TPSA) is 21.3 Å². The van der Waals surface area contributed by atoms with Crippen LogP contribution in [0.25, 0.3) is 5.57 Å². The van der Waals surface area contributed by atoms with Gasteiger partial charge in [-0.2, -0.15) is 0 Å². The van der Waals surface area contributed by atoms with Crippen molar-refractivity contribution >= 4 is 5.57 Å². The average Bonchev–Trinajstić information content (AvgIpc) is 2.83. The largest absolute Gasteiger partial charge is 0.385 e. The molecule has 3 rings (SSSR count). The van der Waals surface area contributed by atoms with Gasteiger partial charge in [-0.25, -0.2) is 0 Å². The molecule has 0 amide bonds. The van der Waals surface area contributed by atoms with Gasteiger partial charge in [-0.05, 0) is 48.2 Å². The van der Waals surface area contributed by atoms with Gasteiger partial charge in [-0.3, -0.25) is 0 Å². The number of ether oxygens (including phenoxy) is 1. The Labute approximate surface area is 151 Å². The molecular formula is C23H27NO. The molecule has 0 bridgehead atoms. The number of methoxy groups -OCH3 is 1. The van der Waals surface area contributed by atoms with E-state index < -0.39 is 0 Å². The number of benzene rings is 2. The third-order valence-corrected chi connectivity index (χ3v) is 4.93. The van der Waals surface area contributed by atoms with Crippen molar-refractivity contribution in [1.29, 1.82) is 0 Å². The Kier molecular flexibility index (Phi) is 6.08. The van der Waals surface area contributed by atoms with E-state index in [4.69, 9.17) is 4.74 Å². The van der Waals surface area contributed by atoms with Crippen molar-refractivity contribution < 1.29 is 4.74 Å². The molecule has 1 N–H and O–H groups in total. The van der Waals surface area contributed by atoms with Crippen molar-refractivity contribution in [3.63, 3.8) is 0 Å². The molecule has 2 aromatic carbocycles. The van der Waals surface area contributed by atoms with Crippen LogP contribution in [0.1, 0.15) is 36.8 Å². The van der Waals surface area contributed by atoms with E-state index in [1.54, 1.807) is 7.11 Å². The highest BCUT2D eigenvalue weighted by Crippen LogP contribution is 2.38. The first-order chi connectivity index (χ1) is 12.3. The molecule has 1 heterocycles. The number of rotatable bonds is 6. The van der Waals surface area contributed by atoms with Gasteiger partial charge >= 0.3 is 0 Å². The Bertz CT molecular complexity index is 718. The standard InChI is InChI=1S/C23H27NO/c1-18-22(14-9-17-25-2)24-16-15-21(19-10-5-3-6-11-19)23(18)20-12-7-4-8-13-20/h3-8,10-13,15-16,21-22,24H,9,14,17H2,1-2H3. The molecule has 2 unspecified atom stereocenters. The zero-order valence-corrected chi connectivity index (χ0v) is 15.1. The zero-order valence-electron chi connectivity index (χ0n) is 15.1. The summed E-state index contributed by atoms with van der Waals surface area (Å²) < 4.78 is 5.24. The van der Waals surface area contributed by atoms with Gasteiger partial charge in [0.1, 0.15) is 0 Å². The maximum atomic E-state index is 5.24. The van der Waals surface area contributed by atoms with Crippen LogP contribution in [0.2, 0.25) is 0 Å². The second kappa shape index (κ2) is 8.68. The summed E-state index contributed by atoms with van der Waals surface area (Å²) in [5, 5.41) is 3.60. The van der Waals surface area contributed by atoms with Gasteiger partial charge in [0.25, 0.3) is 0 Å². The highest BCUT2D eigenvalue weighted by molar-refractivity contribution is 5.77. The van der Waals surface area contributed by atoms with Gasteiger partial charge in [0.15, 0.2) is 0 Å². The fourth-order valence-corrected chi connectivity index (χ4v) is 3.62. The molecule has 0 saturated heterocycles. The Morgan fingerprint density at radius 1 is 0.960 bits per heavy atom. The summed E-state index contributed by atoms with van der Waals surface area (Å²) in [6.45, 7) is 3.08. The minimum absolute atomic E-state index is 0.267. The van der Waals surface area contributed by atoms with Crippen molar-refractivity contribution in [2.45, 2.75) is 31.7 Å². The smallest absolute Gasteiger partial charge is 0.0472 e. The van der Waals surface area contributed by atoms with Crippen LogP contribution in [-0.2, 0) is 4.74 Å². The van der Waals surface area contributed by atoms with E-state index in [9.17, 15) is 0 Å². The number of allylic oxidation sites excluding steroid dienone is 2. The molecule has 25 heavy (non-hydrogen) atoms. The van der Waals surface area contributed by atoms with Crippen LogP contribution >= 0.6 is 0 Å². The quantitative estimate of drug-likeness (QED) is 0.738. The molecule has 0 aromatic heterocycles. The highest BCUT2D eigenvalue weighted by Gasteiger charge is 2.24. The Morgan fingerprint density at radius 2 is 1.64 bits per heavy atom. The van der Waals surface area contributed by atoms with E-state index in [0.717, 1.165) is 19.4 Å². The molecule has 0 fully saturated rings. The normalized spacial score (nSPS) is 20.2. The van der Waals surface area contributed by atoms with Crippen molar-refractivity contribution in [3.8, 4) is 0 Å². The maximum Gasteiger partial charge on any atom is 0.0472 e. The molecule has 2 aromatic rings. The zero-order chi connectivity index (χ0) is 17.5. The van der Waals surface area contributed by atoms with Gasteiger partial charge in [0, 0.05) is 25.7 Å². The fourth-order valence-electron chi connectivity index (χ4n) is 3.62. The maximum absolute atomic E-state index is 5.24. The first-order valence-corrected chi connectivity index (χ1v) is 9.04. The monoisotopic (exact) mass is 333 g/mol. The summed E-state index contributed by atoms with van der Waals surface area (Å²) in [7, 11) is 1.77. The molecule has 1 aliphatic rings. The van der Waals surface area contributed by atoms with Gasteiger partial charge in [0.05, 0.1) is 0 Å². The molecule has 1 aliphatic heterocycles. The van der Waals surface area contributed by atoms with E-state index in [2.05, 4.69) is 85.2 Å². The fraction of sp³-hybridized carbons (Fsp3) is 0.304. The summed E-state index contributed by atoms with van der Waals surface area (Å²) in [6.07, 6.45) is 6.55.